The number of rotatable bonds is 13. The number of nitrogens with zero attached hydrogens (tertiary/aromatic N) is 1. The average Bonchev–Trinajstić information content (AvgIpc) is 2.78. The van der Waals surface area contributed by atoms with Gasteiger partial charge in [-0.1, -0.05) is 43.1 Å². The van der Waals surface area contributed by atoms with Gasteiger partial charge in [-0.15, -0.1) is 11.8 Å². The molecule has 0 spiro atoms. The molecule has 2 aromatic carbocycles. The lowest BCUT2D eigenvalue weighted by molar-refractivity contribution is -0.136. The normalized spacial score (nSPS) is 11.4. The topological polar surface area (TPSA) is 105 Å². The average molecular weight is 508 g/mol. The summed E-state index contributed by atoms with van der Waals surface area (Å²) in [7, 11) is 0. The molecule has 0 aliphatic rings. The van der Waals surface area contributed by atoms with Gasteiger partial charge in [-0.25, -0.2) is 0 Å². The molecule has 9 heteroatoms. The van der Waals surface area contributed by atoms with Crippen molar-refractivity contribution in [2.45, 2.75) is 57.8 Å². The highest BCUT2D eigenvalue weighted by Crippen LogP contribution is 2.35. The van der Waals surface area contributed by atoms with E-state index in [1.807, 2.05) is 26.0 Å². The van der Waals surface area contributed by atoms with Crippen molar-refractivity contribution in [2.24, 2.45) is 5.16 Å². The Balaban J connectivity index is 2.07. The van der Waals surface area contributed by atoms with Gasteiger partial charge in [0.1, 0.15) is 11.5 Å². The molecule has 0 unspecified atom stereocenters. The van der Waals surface area contributed by atoms with E-state index in [-0.39, 0.29) is 6.42 Å². The highest BCUT2D eigenvalue weighted by atomic mass is 35.5. The van der Waals surface area contributed by atoms with Gasteiger partial charge in [0.25, 0.3) is 0 Å². The van der Waals surface area contributed by atoms with Gasteiger partial charge in [0.15, 0.2) is 0 Å². The molecule has 0 bridgehead atoms. The fourth-order valence-electron chi connectivity index (χ4n) is 3.40. The molecule has 0 aliphatic heterocycles. The molecule has 2 aromatic rings. The van der Waals surface area contributed by atoms with Crippen LogP contribution in [-0.4, -0.2) is 40.3 Å². The number of carboxylic acid groups (broad SMARTS) is 1. The largest absolute Gasteiger partial charge is 0.493 e. The third kappa shape index (κ3) is 7.95. The second-order valence-electron chi connectivity index (χ2n) is 7.55. The molecule has 2 rings (SSSR count). The summed E-state index contributed by atoms with van der Waals surface area (Å²) in [6.45, 7) is 5.68. The van der Waals surface area contributed by atoms with Crippen LogP contribution in [0.25, 0.3) is 0 Å². The maximum absolute atomic E-state index is 11.8. The summed E-state index contributed by atoms with van der Waals surface area (Å²) in [4.78, 5) is 23.5. The monoisotopic (exact) mass is 507 g/mol. The number of benzene rings is 2. The van der Waals surface area contributed by atoms with Crippen molar-refractivity contribution in [1.29, 1.82) is 0 Å². The van der Waals surface area contributed by atoms with E-state index in [2.05, 4.69) is 5.16 Å². The third-order valence-corrected chi connectivity index (χ3v) is 6.47. The summed E-state index contributed by atoms with van der Waals surface area (Å²) >= 11 is 7.86. The van der Waals surface area contributed by atoms with Crippen LogP contribution in [0.2, 0.25) is 5.02 Å². The van der Waals surface area contributed by atoms with Crippen LogP contribution in [0.1, 0.15) is 56.7 Å². The Morgan fingerprint density at radius 2 is 1.94 bits per heavy atom. The van der Waals surface area contributed by atoms with Crippen LogP contribution in [0.15, 0.2) is 40.4 Å². The van der Waals surface area contributed by atoms with Crippen LogP contribution >= 0.6 is 23.4 Å². The molecule has 0 aliphatic carbocycles. The van der Waals surface area contributed by atoms with Crippen molar-refractivity contribution >= 4 is 41.0 Å². The van der Waals surface area contributed by atoms with E-state index in [4.69, 9.17) is 26.2 Å². The Hall–Kier alpha value is -2.71. The quantitative estimate of drug-likeness (QED) is 0.0651. The van der Waals surface area contributed by atoms with E-state index < -0.39 is 11.9 Å². The van der Waals surface area contributed by atoms with Crippen molar-refractivity contribution < 1.29 is 29.4 Å². The smallest absolute Gasteiger partial charge is 0.308 e. The van der Waals surface area contributed by atoms with Gasteiger partial charge in [-0.3, -0.25) is 9.59 Å². The second kappa shape index (κ2) is 13.9. The van der Waals surface area contributed by atoms with Gasteiger partial charge in [-0.2, -0.15) is 0 Å². The first-order valence-corrected chi connectivity index (χ1v) is 12.5. The van der Waals surface area contributed by atoms with E-state index in [0.29, 0.717) is 52.8 Å². The number of hydrogen-bond acceptors (Lipinski definition) is 7. The number of esters is 1. The number of carbonyl (C=O) groups is 2. The minimum atomic E-state index is -0.893. The Morgan fingerprint density at radius 1 is 1.18 bits per heavy atom. The maximum atomic E-state index is 11.8. The summed E-state index contributed by atoms with van der Waals surface area (Å²) in [6.07, 6.45) is 2.62. The Bertz CT molecular complexity index is 1040. The predicted molar refractivity (Wildman–Crippen MR) is 134 cm³/mol. The summed E-state index contributed by atoms with van der Waals surface area (Å²) < 4.78 is 11.6. The highest BCUT2D eigenvalue weighted by Gasteiger charge is 2.20. The first-order chi connectivity index (χ1) is 16.3. The zero-order valence-electron chi connectivity index (χ0n) is 19.6. The maximum Gasteiger partial charge on any atom is 0.308 e. The van der Waals surface area contributed by atoms with Gasteiger partial charge in [0.2, 0.25) is 0 Å². The lowest BCUT2D eigenvalue weighted by atomic mass is 9.99. The molecule has 0 fully saturated rings. The van der Waals surface area contributed by atoms with Gasteiger partial charge >= 0.3 is 11.9 Å². The predicted octanol–water partition coefficient (Wildman–Crippen LogP) is 5.99. The fraction of sp³-hybridized carbons (Fsp3) is 0.400. The number of ether oxygens (including phenoxy) is 2. The molecule has 0 saturated heterocycles. The van der Waals surface area contributed by atoms with Crippen molar-refractivity contribution in [1.82, 2.24) is 0 Å². The zero-order chi connectivity index (χ0) is 25.1. The van der Waals surface area contributed by atoms with Crippen molar-refractivity contribution in [2.75, 3.05) is 12.4 Å². The minimum absolute atomic E-state index is 0.0589. The number of halogens is 1. The summed E-state index contributed by atoms with van der Waals surface area (Å²) in [5, 5.41) is 22.2. The van der Waals surface area contributed by atoms with Crippen LogP contribution < -0.4 is 9.47 Å². The van der Waals surface area contributed by atoms with E-state index in [9.17, 15) is 14.8 Å². The zero-order valence-corrected chi connectivity index (χ0v) is 21.2. The molecule has 184 valence electrons. The van der Waals surface area contributed by atoms with Gasteiger partial charge in [-0.05, 0) is 49.1 Å². The van der Waals surface area contributed by atoms with E-state index in [1.54, 1.807) is 30.0 Å². The highest BCUT2D eigenvalue weighted by molar-refractivity contribution is 7.99. The van der Waals surface area contributed by atoms with Crippen LogP contribution in [-0.2, 0) is 22.4 Å². The Labute approximate surface area is 209 Å². The second-order valence-corrected chi connectivity index (χ2v) is 9.09. The number of carbonyl (C=O) groups excluding carboxylic acids is 1. The molecule has 0 saturated carbocycles. The molecule has 0 aromatic heterocycles. The van der Waals surface area contributed by atoms with Gasteiger partial charge in [0.05, 0.1) is 23.8 Å². The number of aliphatic carboxylic acids is 1. The molecule has 34 heavy (non-hydrogen) atoms. The van der Waals surface area contributed by atoms with Crippen molar-refractivity contribution in [3.63, 3.8) is 0 Å². The molecule has 0 amide bonds. The van der Waals surface area contributed by atoms with E-state index in [1.165, 1.54) is 6.92 Å². The number of thioether (sulfide) groups is 1. The van der Waals surface area contributed by atoms with Gasteiger partial charge in [0, 0.05) is 28.7 Å². The summed E-state index contributed by atoms with van der Waals surface area (Å²) in [6, 6.07) is 8.86. The van der Waals surface area contributed by atoms with Crippen LogP contribution in [0.3, 0.4) is 0 Å². The third-order valence-electron chi connectivity index (χ3n) is 4.89. The lowest BCUT2D eigenvalue weighted by Gasteiger charge is -2.18. The Kier molecular flexibility index (Phi) is 11.2. The summed E-state index contributed by atoms with van der Waals surface area (Å²) in [5.41, 5.74) is 2.45. The first-order valence-electron chi connectivity index (χ1n) is 11.1. The van der Waals surface area contributed by atoms with Crippen LogP contribution in [0.4, 0.5) is 0 Å². The lowest BCUT2D eigenvalue weighted by Crippen LogP contribution is -2.12. The van der Waals surface area contributed by atoms with Crippen LogP contribution in [0.5, 0.6) is 11.5 Å². The number of oxime groups is 1. The van der Waals surface area contributed by atoms with Crippen molar-refractivity contribution in [3.8, 4) is 11.5 Å². The SMILES string of the molecule is CCCc1c(OCCCSc2ccc(CC(=O)O)cc2Cl)ccc(/C(CC)=N/O)c1OC(C)=O. The van der Waals surface area contributed by atoms with E-state index >= 15 is 0 Å². The summed E-state index contributed by atoms with van der Waals surface area (Å²) in [5.74, 6) is 0.426. The first kappa shape index (κ1) is 27.5. The molecular weight excluding hydrogens is 478 g/mol. The standard InChI is InChI=1S/C25H30ClNO6S/c1-4-7-19-22(10-9-18(21(5-2)27-31)25(19)33-16(3)28)32-12-6-13-34-23-11-8-17(14-20(23)26)15-24(29)30/h8-11,14,31H,4-7,12-13,15H2,1-3H3,(H,29,30)/b27-21+. The molecule has 0 radical (unpaired) electrons. The number of hydrogen-bond donors (Lipinski definition) is 2. The molecule has 0 heterocycles. The fourth-order valence-corrected chi connectivity index (χ4v) is 4.61. The molecule has 7 nitrogen and oxygen atoms in total. The van der Waals surface area contributed by atoms with Gasteiger partial charge < -0.3 is 19.8 Å². The number of carboxylic acids is 1. The van der Waals surface area contributed by atoms with Crippen LogP contribution in [0, 0.1) is 0 Å². The van der Waals surface area contributed by atoms with E-state index in [0.717, 1.165) is 29.1 Å². The van der Waals surface area contributed by atoms with Crippen molar-refractivity contribution in [3.05, 3.63) is 52.0 Å². The minimum Gasteiger partial charge on any atom is -0.493 e. The molecular formula is C25H30ClNO6S. The molecule has 0 atom stereocenters. The molecule has 2 N–H and O–H groups in total. The Morgan fingerprint density at radius 3 is 2.53 bits per heavy atom.